The number of phenols is 1. The summed E-state index contributed by atoms with van der Waals surface area (Å²) in [5, 5.41) is 19.6. The molecule has 2 unspecified atom stereocenters. The van der Waals surface area contributed by atoms with Crippen molar-refractivity contribution in [3.05, 3.63) is 35.5 Å². The van der Waals surface area contributed by atoms with Crippen LogP contribution in [0.25, 0.3) is 11.4 Å². The minimum atomic E-state index is 0.0987. The number of aromatic nitrogens is 2. The molecule has 1 aromatic heterocycles. The number of nitriles is 1. The molecular weight excluding hydrogens is 314 g/mol. The molecule has 1 aromatic carbocycles. The van der Waals surface area contributed by atoms with Gasteiger partial charge in [-0.3, -0.25) is 0 Å². The molecule has 3 rings (SSSR count). The van der Waals surface area contributed by atoms with Crippen LogP contribution in [0, 0.1) is 17.2 Å². The highest BCUT2D eigenvalue weighted by Crippen LogP contribution is 2.37. The fourth-order valence-electron chi connectivity index (χ4n) is 3.58. The number of phenolic OH excluding ortho intramolecular Hbond substituents is 1. The van der Waals surface area contributed by atoms with Gasteiger partial charge in [-0.2, -0.15) is 5.26 Å². The predicted octanol–water partition coefficient (Wildman–Crippen LogP) is 2.93. The van der Waals surface area contributed by atoms with Crippen molar-refractivity contribution in [2.24, 2.45) is 11.7 Å². The van der Waals surface area contributed by atoms with Crippen LogP contribution in [0.15, 0.2) is 24.3 Å². The average Bonchev–Trinajstić information content (AvgIpc) is 2.87. The Kier molecular flexibility index (Phi) is 5.15. The van der Waals surface area contributed by atoms with Crippen molar-refractivity contribution < 1.29 is 5.11 Å². The third kappa shape index (κ3) is 3.57. The number of nitrogens with zero attached hydrogens (tertiary/aromatic N) is 3. The van der Waals surface area contributed by atoms with Crippen molar-refractivity contribution in [2.75, 3.05) is 12.3 Å². The van der Waals surface area contributed by atoms with E-state index in [1.807, 2.05) is 6.07 Å². The molecule has 6 nitrogen and oxygen atoms in total. The lowest BCUT2D eigenvalue weighted by molar-refractivity contribution is 0.466. The summed E-state index contributed by atoms with van der Waals surface area (Å²) < 4.78 is 0. The van der Waals surface area contributed by atoms with Gasteiger partial charge in [0.15, 0.2) is 5.82 Å². The second-order valence-corrected chi connectivity index (χ2v) is 6.63. The summed E-state index contributed by atoms with van der Waals surface area (Å²) in [6.07, 6.45) is 5.10. The first-order chi connectivity index (χ1) is 12.1. The molecular formula is C19H23N5O. The van der Waals surface area contributed by atoms with Crippen LogP contribution in [-0.4, -0.2) is 21.6 Å². The van der Waals surface area contributed by atoms with Crippen molar-refractivity contribution in [1.29, 1.82) is 5.26 Å². The molecule has 5 N–H and O–H groups in total. The minimum Gasteiger partial charge on any atom is -0.507 e. The zero-order valence-corrected chi connectivity index (χ0v) is 14.2. The van der Waals surface area contributed by atoms with E-state index in [1.54, 1.807) is 18.2 Å². The lowest BCUT2D eigenvalue weighted by Crippen LogP contribution is -2.13. The van der Waals surface area contributed by atoms with Gasteiger partial charge in [-0.25, -0.2) is 9.97 Å². The van der Waals surface area contributed by atoms with E-state index < -0.39 is 0 Å². The van der Waals surface area contributed by atoms with E-state index in [-0.39, 0.29) is 17.5 Å². The third-order valence-corrected chi connectivity index (χ3v) is 5.03. The second kappa shape index (κ2) is 7.49. The van der Waals surface area contributed by atoms with Gasteiger partial charge < -0.3 is 16.6 Å². The van der Waals surface area contributed by atoms with Gasteiger partial charge in [0.05, 0.1) is 11.3 Å². The Hall–Kier alpha value is -2.65. The molecule has 1 heterocycles. The molecule has 0 amide bonds. The molecule has 25 heavy (non-hydrogen) atoms. The van der Waals surface area contributed by atoms with Crippen molar-refractivity contribution in [1.82, 2.24) is 9.97 Å². The largest absolute Gasteiger partial charge is 0.507 e. The molecule has 0 saturated heterocycles. The summed E-state index contributed by atoms with van der Waals surface area (Å²) in [6.45, 7) is 0.701. The van der Waals surface area contributed by atoms with Gasteiger partial charge in [0.2, 0.25) is 0 Å². The van der Waals surface area contributed by atoms with Crippen molar-refractivity contribution >= 4 is 5.82 Å². The van der Waals surface area contributed by atoms with Crippen LogP contribution in [0.1, 0.15) is 49.3 Å². The molecule has 0 aliphatic heterocycles. The average molecular weight is 337 g/mol. The first kappa shape index (κ1) is 17.2. The van der Waals surface area contributed by atoms with E-state index >= 15 is 0 Å². The maximum absolute atomic E-state index is 10.1. The Bertz CT molecular complexity index is 799. The Morgan fingerprint density at radius 2 is 1.96 bits per heavy atom. The minimum absolute atomic E-state index is 0.0987. The molecule has 0 radical (unpaired) electrons. The van der Waals surface area contributed by atoms with Gasteiger partial charge in [0.1, 0.15) is 23.2 Å². The van der Waals surface area contributed by atoms with E-state index in [1.165, 1.54) is 0 Å². The van der Waals surface area contributed by atoms with Crippen molar-refractivity contribution in [3.8, 4) is 23.2 Å². The molecule has 1 aliphatic rings. The van der Waals surface area contributed by atoms with Gasteiger partial charge >= 0.3 is 0 Å². The molecule has 2 atom stereocenters. The Morgan fingerprint density at radius 1 is 1.16 bits per heavy atom. The maximum Gasteiger partial charge on any atom is 0.165 e. The highest BCUT2D eigenvalue weighted by atomic mass is 16.3. The SMILES string of the molecule is N#Cc1c(N)nc(-c2ccccc2O)nc1C1CCCC(CN)CC1. The number of hydrogen-bond donors (Lipinski definition) is 3. The van der Waals surface area contributed by atoms with Crippen LogP contribution in [0.4, 0.5) is 5.82 Å². The molecule has 130 valence electrons. The summed E-state index contributed by atoms with van der Waals surface area (Å²) >= 11 is 0. The fraction of sp³-hybridized carbons (Fsp3) is 0.421. The second-order valence-electron chi connectivity index (χ2n) is 6.63. The summed E-state index contributed by atoms with van der Waals surface area (Å²) in [4.78, 5) is 8.90. The van der Waals surface area contributed by atoms with Gasteiger partial charge in [0, 0.05) is 5.92 Å². The van der Waals surface area contributed by atoms with E-state index in [0.717, 1.165) is 32.1 Å². The monoisotopic (exact) mass is 337 g/mol. The number of aromatic hydroxyl groups is 1. The van der Waals surface area contributed by atoms with Gasteiger partial charge in [-0.05, 0) is 50.3 Å². The van der Waals surface area contributed by atoms with E-state index in [4.69, 9.17) is 11.5 Å². The molecule has 1 aliphatic carbocycles. The standard InChI is InChI=1S/C19H23N5O/c20-10-12-4-3-5-13(9-8-12)17-15(11-21)18(22)24-19(23-17)14-6-1-2-7-16(14)25/h1-2,6-7,12-13,25H,3-5,8-10,20H2,(H2,22,23,24). The number of anilines is 1. The lowest BCUT2D eigenvalue weighted by Gasteiger charge is -2.17. The summed E-state index contributed by atoms with van der Waals surface area (Å²) in [5.74, 6) is 1.34. The van der Waals surface area contributed by atoms with Crippen LogP contribution in [0.2, 0.25) is 0 Å². The normalized spacial score (nSPS) is 20.6. The molecule has 2 aromatic rings. The topological polar surface area (TPSA) is 122 Å². The molecule has 0 bridgehead atoms. The number of hydrogen-bond acceptors (Lipinski definition) is 6. The molecule has 1 saturated carbocycles. The number of nitrogens with two attached hydrogens (primary N) is 2. The van der Waals surface area contributed by atoms with Crippen LogP contribution in [0.3, 0.4) is 0 Å². The highest BCUT2D eigenvalue weighted by Gasteiger charge is 2.25. The van der Waals surface area contributed by atoms with E-state index in [0.29, 0.717) is 35.1 Å². The Labute approximate surface area is 147 Å². The van der Waals surface area contributed by atoms with Gasteiger partial charge in [0.25, 0.3) is 0 Å². The third-order valence-electron chi connectivity index (χ3n) is 5.03. The first-order valence-electron chi connectivity index (χ1n) is 8.70. The van der Waals surface area contributed by atoms with Crippen LogP contribution in [-0.2, 0) is 0 Å². The zero-order chi connectivity index (χ0) is 17.8. The molecule has 6 heteroatoms. The quantitative estimate of drug-likeness (QED) is 0.740. The maximum atomic E-state index is 10.1. The Morgan fingerprint density at radius 3 is 2.68 bits per heavy atom. The molecule has 0 spiro atoms. The summed E-state index contributed by atoms with van der Waals surface area (Å²) in [5.41, 5.74) is 13.5. The first-order valence-corrected chi connectivity index (χ1v) is 8.70. The number of rotatable bonds is 3. The van der Waals surface area contributed by atoms with Crippen LogP contribution < -0.4 is 11.5 Å². The van der Waals surface area contributed by atoms with E-state index in [2.05, 4.69) is 16.0 Å². The highest BCUT2D eigenvalue weighted by molar-refractivity contribution is 5.66. The van der Waals surface area contributed by atoms with Gasteiger partial charge in [-0.1, -0.05) is 18.6 Å². The number of benzene rings is 1. The summed E-state index contributed by atoms with van der Waals surface area (Å²) in [7, 11) is 0. The number of nitrogen functional groups attached to an aromatic ring is 1. The lowest BCUT2D eigenvalue weighted by atomic mass is 9.92. The number of para-hydroxylation sites is 1. The van der Waals surface area contributed by atoms with Crippen molar-refractivity contribution in [3.63, 3.8) is 0 Å². The van der Waals surface area contributed by atoms with Crippen LogP contribution >= 0.6 is 0 Å². The van der Waals surface area contributed by atoms with Crippen molar-refractivity contribution in [2.45, 2.75) is 38.0 Å². The Balaban J connectivity index is 2.03. The predicted molar refractivity (Wildman–Crippen MR) is 96.6 cm³/mol. The summed E-state index contributed by atoms with van der Waals surface area (Å²) in [6, 6.07) is 9.05. The zero-order valence-electron chi connectivity index (χ0n) is 14.2. The van der Waals surface area contributed by atoms with Gasteiger partial charge in [-0.15, -0.1) is 0 Å². The smallest absolute Gasteiger partial charge is 0.165 e. The van der Waals surface area contributed by atoms with Crippen LogP contribution in [0.5, 0.6) is 5.75 Å². The molecule has 1 fully saturated rings. The fourth-order valence-corrected chi connectivity index (χ4v) is 3.58. The van der Waals surface area contributed by atoms with E-state index in [9.17, 15) is 10.4 Å².